The summed E-state index contributed by atoms with van der Waals surface area (Å²) < 4.78 is 5.30. The van der Waals surface area contributed by atoms with E-state index in [1.54, 1.807) is 18.7 Å². The number of benzene rings is 1. The zero-order valence-electron chi connectivity index (χ0n) is 13.7. The minimum Gasteiger partial charge on any atom is -0.449 e. The maximum Gasteiger partial charge on any atom is 0.414 e. The summed E-state index contributed by atoms with van der Waals surface area (Å²) in [6, 6.07) is 5.85. The van der Waals surface area contributed by atoms with E-state index in [0.29, 0.717) is 19.7 Å². The van der Waals surface area contributed by atoms with Crippen molar-refractivity contribution in [1.82, 2.24) is 0 Å². The molecule has 0 unspecified atom stereocenters. The van der Waals surface area contributed by atoms with Crippen LogP contribution in [-0.2, 0) is 11.2 Å². The standard InChI is InChI=1S/C17H26N2O3/c1-4-5-11-22-16(20)19-10-9-13-14(7-6-8-15(13)19)18-12-17(2,3)21/h6-8,18,21H,4-5,9-12H2,1-3H3. The van der Waals surface area contributed by atoms with Crippen LogP contribution in [0.3, 0.4) is 0 Å². The van der Waals surface area contributed by atoms with Gasteiger partial charge in [0, 0.05) is 24.3 Å². The highest BCUT2D eigenvalue weighted by Crippen LogP contribution is 2.34. The van der Waals surface area contributed by atoms with Crippen LogP contribution < -0.4 is 10.2 Å². The fourth-order valence-electron chi connectivity index (χ4n) is 2.48. The fourth-order valence-corrected chi connectivity index (χ4v) is 2.48. The lowest BCUT2D eigenvalue weighted by atomic mass is 10.1. The number of rotatable bonds is 6. The molecule has 0 aliphatic carbocycles. The monoisotopic (exact) mass is 306 g/mol. The van der Waals surface area contributed by atoms with Gasteiger partial charge in [0.1, 0.15) is 0 Å². The molecule has 2 N–H and O–H groups in total. The van der Waals surface area contributed by atoms with Gasteiger partial charge in [-0.2, -0.15) is 0 Å². The zero-order chi connectivity index (χ0) is 16.2. The van der Waals surface area contributed by atoms with E-state index >= 15 is 0 Å². The molecule has 122 valence electrons. The van der Waals surface area contributed by atoms with Gasteiger partial charge >= 0.3 is 6.09 Å². The third-order valence-electron chi connectivity index (χ3n) is 3.68. The van der Waals surface area contributed by atoms with Crippen LogP contribution in [0, 0.1) is 0 Å². The molecule has 1 aromatic carbocycles. The van der Waals surface area contributed by atoms with Crippen LogP contribution in [0.25, 0.3) is 0 Å². The van der Waals surface area contributed by atoms with Crippen LogP contribution in [0.5, 0.6) is 0 Å². The van der Waals surface area contributed by atoms with Gasteiger partial charge in [0.05, 0.1) is 17.9 Å². The summed E-state index contributed by atoms with van der Waals surface area (Å²) >= 11 is 0. The van der Waals surface area contributed by atoms with Crippen molar-refractivity contribution < 1.29 is 14.6 Å². The molecule has 22 heavy (non-hydrogen) atoms. The van der Waals surface area contributed by atoms with Crippen molar-refractivity contribution in [3.63, 3.8) is 0 Å². The first kappa shape index (κ1) is 16.6. The van der Waals surface area contributed by atoms with Gasteiger partial charge in [-0.25, -0.2) is 4.79 Å². The SMILES string of the molecule is CCCCOC(=O)N1CCc2c(NCC(C)(C)O)cccc21. The molecule has 0 saturated heterocycles. The number of hydrogen-bond donors (Lipinski definition) is 2. The van der Waals surface area contributed by atoms with Gasteiger partial charge < -0.3 is 15.2 Å². The lowest BCUT2D eigenvalue weighted by Crippen LogP contribution is -2.30. The molecule has 5 heteroatoms. The molecule has 5 nitrogen and oxygen atoms in total. The van der Waals surface area contributed by atoms with Crippen LogP contribution in [0.1, 0.15) is 39.2 Å². The van der Waals surface area contributed by atoms with E-state index < -0.39 is 5.60 Å². The van der Waals surface area contributed by atoms with Gasteiger partial charge in [-0.1, -0.05) is 19.4 Å². The van der Waals surface area contributed by atoms with Crippen molar-refractivity contribution in [3.8, 4) is 0 Å². The number of carbonyl (C=O) groups excluding carboxylic acids is 1. The topological polar surface area (TPSA) is 61.8 Å². The zero-order valence-corrected chi connectivity index (χ0v) is 13.7. The van der Waals surface area contributed by atoms with Crippen molar-refractivity contribution in [2.75, 3.05) is 29.9 Å². The summed E-state index contributed by atoms with van der Waals surface area (Å²) in [5.41, 5.74) is 2.21. The number of fused-ring (bicyclic) bond motifs is 1. The van der Waals surface area contributed by atoms with E-state index in [-0.39, 0.29) is 6.09 Å². The highest BCUT2D eigenvalue weighted by molar-refractivity contribution is 5.92. The average molecular weight is 306 g/mol. The van der Waals surface area contributed by atoms with Gasteiger partial charge in [-0.15, -0.1) is 0 Å². The Hall–Kier alpha value is -1.75. The number of ether oxygens (including phenoxy) is 1. The summed E-state index contributed by atoms with van der Waals surface area (Å²) in [5.74, 6) is 0. The molecule has 0 atom stereocenters. The lowest BCUT2D eigenvalue weighted by molar-refractivity contribution is 0.0945. The Labute approximate surface area is 132 Å². The Morgan fingerprint density at radius 2 is 2.23 bits per heavy atom. The molecule has 1 aromatic rings. The Bertz CT molecular complexity index is 523. The number of carbonyl (C=O) groups is 1. The molecule has 1 aliphatic heterocycles. The molecule has 0 saturated carbocycles. The minimum atomic E-state index is -0.778. The number of aliphatic hydroxyl groups is 1. The van der Waals surface area contributed by atoms with Gasteiger partial charge in [0.2, 0.25) is 0 Å². The molecule has 2 rings (SSSR count). The fraction of sp³-hybridized carbons (Fsp3) is 0.588. The largest absolute Gasteiger partial charge is 0.449 e. The maximum atomic E-state index is 12.2. The number of amides is 1. The minimum absolute atomic E-state index is 0.271. The number of anilines is 2. The second-order valence-corrected chi connectivity index (χ2v) is 6.34. The highest BCUT2D eigenvalue weighted by Gasteiger charge is 2.27. The second kappa shape index (κ2) is 7.01. The van der Waals surface area contributed by atoms with E-state index in [2.05, 4.69) is 12.2 Å². The van der Waals surface area contributed by atoms with Crippen molar-refractivity contribution in [1.29, 1.82) is 0 Å². The molecule has 1 aliphatic rings. The third-order valence-corrected chi connectivity index (χ3v) is 3.68. The van der Waals surface area contributed by atoms with Crippen molar-refractivity contribution in [3.05, 3.63) is 23.8 Å². The smallest absolute Gasteiger partial charge is 0.414 e. The first-order valence-electron chi connectivity index (χ1n) is 7.95. The molecule has 0 fully saturated rings. The van der Waals surface area contributed by atoms with Crippen molar-refractivity contribution >= 4 is 17.5 Å². The van der Waals surface area contributed by atoms with Gasteiger partial charge in [-0.3, -0.25) is 4.90 Å². The van der Waals surface area contributed by atoms with Crippen molar-refractivity contribution in [2.24, 2.45) is 0 Å². The summed E-state index contributed by atoms with van der Waals surface area (Å²) in [4.78, 5) is 13.8. The molecule has 1 heterocycles. The Balaban J connectivity index is 2.07. The highest BCUT2D eigenvalue weighted by atomic mass is 16.6. The molecule has 0 bridgehead atoms. The number of nitrogens with one attached hydrogen (secondary N) is 1. The Kier molecular flexibility index (Phi) is 5.29. The van der Waals surface area contributed by atoms with Crippen molar-refractivity contribution in [2.45, 2.75) is 45.6 Å². The predicted molar refractivity (Wildman–Crippen MR) is 88.5 cm³/mol. The molecule has 0 radical (unpaired) electrons. The van der Waals surface area contributed by atoms with E-state index in [1.807, 2.05) is 18.2 Å². The quantitative estimate of drug-likeness (QED) is 0.793. The lowest BCUT2D eigenvalue weighted by Gasteiger charge is -2.21. The first-order valence-corrected chi connectivity index (χ1v) is 7.95. The summed E-state index contributed by atoms with van der Waals surface area (Å²) in [5, 5.41) is 13.1. The normalized spacial score (nSPS) is 13.9. The molecular formula is C17H26N2O3. The number of nitrogens with zero attached hydrogens (tertiary/aromatic N) is 1. The van der Waals surface area contributed by atoms with Crippen LogP contribution in [0.15, 0.2) is 18.2 Å². The third kappa shape index (κ3) is 4.13. The van der Waals surface area contributed by atoms with Crippen LogP contribution in [-0.4, -0.2) is 36.5 Å². The first-order chi connectivity index (χ1) is 10.4. The van der Waals surface area contributed by atoms with Gasteiger partial charge in [0.15, 0.2) is 0 Å². The summed E-state index contributed by atoms with van der Waals surface area (Å²) in [7, 11) is 0. The Morgan fingerprint density at radius 1 is 1.45 bits per heavy atom. The van der Waals surface area contributed by atoms with Crippen LogP contribution >= 0.6 is 0 Å². The second-order valence-electron chi connectivity index (χ2n) is 6.34. The van der Waals surface area contributed by atoms with Gasteiger partial charge in [0.25, 0.3) is 0 Å². The Morgan fingerprint density at radius 3 is 2.91 bits per heavy atom. The van der Waals surface area contributed by atoms with Crippen LogP contribution in [0.2, 0.25) is 0 Å². The van der Waals surface area contributed by atoms with E-state index in [9.17, 15) is 9.90 Å². The molecule has 1 amide bonds. The van der Waals surface area contributed by atoms with E-state index in [1.165, 1.54) is 0 Å². The predicted octanol–water partition coefficient (Wildman–Crippen LogP) is 3.17. The number of unbranched alkanes of at least 4 members (excludes halogenated alkanes) is 1. The van der Waals surface area contributed by atoms with Gasteiger partial charge in [-0.05, 0) is 38.8 Å². The molecular weight excluding hydrogens is 280 g/mol. The molecule has 0 spiro atoms. The molecule has 0 aromatic heterocycles. The van der Waals surface area contributed by atoms with E-state index in [0.717, 1.165) is 36.2 Å². The summed E-state index contributed by atoms with van der Waals surface area (Å²) in [6.45, 7) is 7.17. The maximum absolute atomic E-state index is 12.2. The average Bonchev–Trinajstić information content (AvgIpc) is 2.89. The summed E-state index contributed by atoms with van der Waals surface area (Å²) in [6.07, 6.45) is 2.42. The van der Waals surface area contributed by atoms with Crippen LogP contribution in [0.4, 0.5) is 16.2 Å². The number of hydrogen-bond acceptors (Lipinski definition) is 4. The van der Waals surface area contributed by atoms with E-state index in [4.69, 9.17) is 4.74 Å².